The molecule has 0 aliphatic heterocycles. The molecule has 1 aliphatic carbocycles. The highest BCUT2D eigenvalue weighted by Crippen LogP contribution is 2.39. The lowest BCUT2D eigenvalue weighted by atomic mass is 9.95. The summed E-state index contributed by atoms with van der Waals surface area (Å²) < 4.78 is 2.18. The Morgan fingerprint density at radius 2 is 2.28 bits per heavy atom. The first-order chi connectivity index (χ1) is 8.70. The first-order valence-corrected chi connectivity index (χ1v) is 6.90. The van der Waals surface area contributed by atoms with Crippen LogP contribution in [0.5, 0.6) is 0 Å². The molecule has 3 nitrogen and oxygen atoms in total. The van der Waals surface area contributed by atoms with E-state index in [4.69, 9.17) is 22.3 Å². The lowest BCUT2D eigenvalue weighted by Gasteiger charge is -2.17. The zero-order valence-corrected chi connectivity index (χ0v) is 11.3. The van der Waals surface area contributed by atoms with Crippen molar-refractivity contribution in [2.24, 2.45) is 18.7 Å². The molecule has 96 valence electrons. The predicted molar refractivity (Wildman–Crippen MR) is 74.9 cm³/mol. The van der Waals surface area contributed by atoms with Gasteiger partial charge in [-0.1, -0.05) is 18.0 Å². The zero-order chi connectivity index (χ0) is 12.7. The molecule has 0 bridgehead atoms. The number of benzene rings is 1. The van der Waals surface area contributed by atoms with Crippen LogP contribution < -0.4 is 5.73 Å². The highest BCUT2D eigenvalue weighted by Gasteiger charge is 2.30. The fourth-order valence-electron chi connectivity index (χ4n) is 3.17. The number of aryl methyl sites for hydroxylation is 1. The van der Waals surface area contributed by atoms with Crippen molar-refractivity contribution in [1.82, 2.24) is 9.55 Å². The highest BCUT2D eigenvalue weighted by molar-refractivity contribution is 6.31. The number of hydrogen-bond acceptors (Lipinski definition) is 2. The Hall–Kier alpha value is -1.06. The minimum atomic E-state index is 0.506. The van der Waals surface area contributed by atoms with Gasteiger partial charge in [-0.15, -0.1) is 0 Å². The summed E-state index contributed by atoms with van der Waals surface area (Å²) in [5, 5.41) is 0.763. The summed E-state index contributed by atoms with van der Waals surface area (Å²) in [4.78, 5) is 4.78. The molecule has 3 rings (SSSR count). The van der Waals surface area contributed by atoms with Gasteiger partial charge in [0.1, 0.15) is 5.82 Å². The molecule has 0 amide bonds. The van der Waals surface area contributed by atoms with Crippen LogP contribution in [0.15, 0.2) is 18.2 Å². The maximum absolute atomic E-state index is 6.05. The topological polar surface area (TPSA) is 43.8 Å². The zero-order valence-electron chi connectivity index (χ0n) is 10.6. The fourth-order valence-corrected chi connectivity index (χ4v) is 3.34. The van der Waals surface area contributed by atoms with E-state index in [1.54, 1.807) is 0 Å². The maximum Gasteiger partial charge on any atom is 0.113 e. The Balaban J connectivity index is 2.09. The number of rotatable bonds is 2. The van der Waals surface area contributed by atoms with Gasteiger partial charge < -0.3 is 10.3 Å². The van der Waals surface area contributed by atoms with Crippen molar-refractivity contribution in [2.75, 3.05) is 6.54 Å². The quantitative estimate of drug-likeness (QED) is 0.905. The normalized spacial score (nSPS) is 23.9. The molecule has 1 aromatic carbocycles. The van der Waals surface area contributed by atoms with Crippen LogP contribution in [0.1, 0.15) is 31.0 Å². The van der Waals surface area contributed by atoms with E-state index in [0.717, 1.165) is 22.6 Å². The summed E-state index contributed by atoms with van der Waals surface area (Å²) >= 11 is 6.05. The summed E-state index contributed by atoms with van der Waals surface area (Å²) in [6, 6.07) is 5.88. The van der Waals surface area contributed by atoms with Crippen LogP contribution >= 0.6 is 11.6 Å². The minimum absolute atomic E-state index is 0.506. The molecule has 1 aromatic heterocycles. The van der Waals surface area contributed by atoms with Crippen LogP contribution in [0.3, 0.4) is 0 Å². The van der Waals surface area contributed by atoms with Crippen LogP contribution in [0.2, 0.25) is 5.02 Å². The smallest absolute Gasteiger partial charge is 0.113 e. The van der Waals surface area contributed by atoms with E-state index >= 15 is 0 Å². The first-order valence-electron chi connectivity index (χ1n) is 6.52. The Kier molecular flexibility index (Phi) is 3.04. The minimum Gasteiger partial charge on any atom is -0.331 e. The molecule has 2 unspecified atom stereocenters. The van der Waals surface area contributed by atoms with Gasteiger partial charge in [0.2, 0.25) is 0 Å². The first kappa shape index (κ1) is 12.0. The van der Waals surface area contributed by atoms with E-state index in [-0.39, 0.29) is 0 Å². The summed E-state index contributed by atoms with van der Waals surface area (Å²) in [7, 11) is 2.08. The largest absolute Gasteiger partial charge is 0.331 e. The molecule has 0 spiro atoms. The number of hydrogen-bond donors (Lipinski definition) is 1. The van der Waals surface area contributed by atoms with Crippen molar-refractivity contribution < 1.29 is 0 Å². The second kappa shape index (κ2) is 4.56. The Bertz CT molecular complexity index is 576. The molecule has 1 heterocycles. The molecule has 2 aromatic rings. The van der Waals surface area contributed by atoms with Crippen molar-refractivity contribution in [3.8, 4) is 0 Å². The molecule has 1 saturated carbocycles. The summed E-state index contributed by atoms with van der Waals surface area (Å²) in [5.74, 6) is 2.25. The maximum atomic E-state index is 6.05. The summed E-state index contributed by atoms with van der Waals surface area (Å²) in [6.45, 7) is 0.759. The van der Waals surface area contributed by atoms with Crippen LogP contribution in [0.25, 0.3) is 11.0 Å². The number of fused-ring (bicyclic) bond motifs is 1. The lowest BCUT2D eigenvalue weighted by molar-refractivity contribution is 0.469. The van der Waals surface area contributed by atoms with E-state index in [2.05, 4.69) is 11.6 Å². The van der Waals surface area contributed by atoms with Gasteiger partial charge in [0, 0.05) is 18.0 Å². The molecular formula is C14H18ClN3. The number of imidazole rings is 1. The SMILES string of the molecule is Cn1c(C2CCCC2CN)nc2ccc(Cl)cc21. The molecule has 0 radical (unpaired) electrons. The van der Waals surface area contributed by atoms with Crippen molar-refractivity contribution in [3.63, 3.8) is 0 Å². The van der Waals surface area contributed by atoms with E-state index in [1.807, 2.05) is 18.2 Å². The average Bonchev–Trinajstić information content (AvgIpc) is 2.94. The standard InChI is InChI=1S/C14H18ClN3/c1-18-13-7-10(15)5-6-12(13)17-14(18)11-4-2-3-9(11)8-16/h5-7,9,11H,2-4,8,16H2,1H3. The van der Waals surface area contributed by atoms with E-state index in [0.29, 0.717) is 11.8 Å². The molecule has 2 N–H and O–H groups in total. The number of nitrogens with two attached hydrogens (primary N) is 1. The molecule has 1 fully saturated rings. The fraction of sp³-hybridized carbons (Fsp3) is 0.500. The monoisotopic (exact) mass is 263 g/mol. The van der Waals surface area contributed by atoms with Crippen molar-refractivity contribution >= 4 is 22.6 Å². The number of aromatic nitrogens is 2. The van der Waals surface area contributed by atoms with Crippen molar-refractivity contribution in [2.45, 2.75) is 25.2 Å². The van der Waals surface area contributed by atoms with E-state index in [9.17, 15) is 0 Å². The van der Waals surface area contributed by atoms with Gasteiger partial charge in [-0.2, -0.15) is 0 Å². The summed E-state index contributed by atoms with van der Waals surface area (Å²) in [5.41, 5.74) is 8.01. The molecule has 0 saturated heterocycles. The van der Waals surface area contributed by atoms with Gasteiger partial charge in [0.15, 0.2) is 0 Å². The lowest BCUT2D eigenvalue weighted by Crippen LogP contribution is -2.19. The molecular weight excluding hydrogens is 246 g/mol. The van der Waals surface area contributed by atoms with Crippen LogP contribution in [-0.2, 0) is 7.05 Å². The van der Waals surface area contributed by atoms with E-state index in [1.165, 1.54) is 25.1 Å². The number of nitrogens with zero attached hydrogens (tertiary/aromatic N) is 2. The second-order valence-electron chi connectivity index (χ2n) is 5.20. The van der Waals surface area contributed by atoms with Gasteiger partial charge in [0.25, 0.3) is 0 Å². The van der Waals surface area contributed by atoms with Crippen molar-refractivity contribution in [3.05, 3.63) is 29.0 Å². The van der Waals surface area contributed by atoms with Crippen LogP contribution in [-0.4, -0.2) is 16.1 Å². The van der Waals surface area contributed by atoms with Gasteiger partial charge >= 0.3 is 0 Å². The third-order valence-corrected chi connectivity index (χ3v) is 4.41. The highest BCUT2D eigenvalue weighted by atomic mass is 35.5. The summed E-state index contributed by atoms with van der Waals surface area (Å²) in [6.07, 6.45) is 3.69. The van der Waals surface area contributed by atoms with Crippen molar-refractivity contribution in [1.29, 1.82) is 0 Å². The van der Waals surface area contributed by atoms with Gasteiger partial charge in [-0.3, -0.25) is 0 Å². The Morgan fingerprint density at radius 3 is 3.06 bits per heavy atom. The third-order valence-electron chi connectivity index (χ3n) is 4.17. The molecule has 2 atom stereocenters. The molecule has 18 heavy (non-hydrogen) atoms. The Morgan fingerprint density at radius 1 is 1.44 bits per heavy atom. The van der Waals surface area contributed by atoms with Gasteiger partial charge in [0.05, 0.1) is 11.0 Å². The number of halogens is 1. The Labute approximate surface area is 112 Å². The average molecular weight is 264 g/mol. The van der Waals surface area contributed by atoms with E-state index < -0.39 is 0 Å². The van der Waals surface area contributed by atoms with Gasteiger partial charge in [-0.25, -0.2) is 4.98 Å². The van der Waals surface area contributed by atoms with Gasteiger partial charge in [-0.05, 0) is 43.5 Å². The third kappa shape index (κ3) is 1.82. The van der Waals surface area contributed by atoms with Crippen LogP contribution in [0.4, 0.5) is 0 Å². The second-order valence-corrected chi connectivity index (χ2v) is 5.63. The van der Waals surface area contributed by atoms with Crippen LogP contribution in [0, 0.1) is 5.92 Å². The molecule has 1 aliphatic rings. The predicted octanol–water partition coefficient (Wildman–Crippen LogP) is 3.07. The molecule has 4 heteroatoms.